The second-order valence-corrected chi connectivity index (χ2v) is 3.66. The van der Waals surface area contributed by atoms with Crippen molar-refractivity contribution in [1.29, 1.82) is 0 Å². The first-order chi connectivity index (χ1) is 5.49. The van der Waals surface area contributed by atoms with Gasteiger partial charge in [0.1, 0.15) is 0 Å². The van der Waals surface area contributed by atoms with E-state index in [9.17, 15) is 4.79 Å². The van der Waals surface area contributed by atoms with Crippen molar-refractivity contribution in [3.63, 3.8) is 0 Å². The molecule has 0 aromatic carbocycles. The Hall–Kier alpha value is -0.570. The molecule has 2 N–H and O–H groups in total. The quantitative estimate of drug-likeness (QED) is 0.657. The lowest BCUT2D eigenvalue weighted by Crippen LogP contribution is -2.48. The van der Waals surface area contributed by atoms with Gasteiger partial charge in [0.25, 0.3) is 0 Å². The Balaban J connectivity index is 4.13. The summed E-state index contributed by atoms with van der Waals surface area (Å²) < 4.78 is 0. The molecule has 12 heavy (non-hydrogen) atoms. The number of hydrogen-bond donors (Lipinski definition) is 2. The highest BCUT2D eigenvalue weighted by molar-refractivity contribution is 5.81. The van der Waals surface area contributed by atoms with Gasteiger partial charge in [-0.2, -0.15) is 0 Å². The summed E-state index contributed by atoms with van der Waals surface area (Å²) in [6.45, 7) is 8.15. The molecule has 0 fully saturated rings. The molecule has 0 bridgehead atoms. The average Bonchev–Trinajstić information content (AvgIpc) is 1.98. The first-order valence-electron chi connectivity index (χ1n) is 4.46. The van der Waals surface area contributed by atoms with Gasteiger partial charge in [-0.25, -0.2) is 0 Å². The van der Waals surface area contributed by atoms with Crippen LogP contribution in [0, 0.1) is 5.92 Å². The molecule has 72 valence electrons. The average molecular weight is 172 g/mol. The topological polar surface area (TPSA) is 41.1 Å². The smallest absolute Gasteiger partial charge is 0.237 e. The Morgan fingerprint density at radius 3 is 1.92 bits per heavy atom. The summed E-state index contributed by atoms with van der Waals surface area (Å²) in [5.41, 5.74) is 0. The van der Waals surface area contributed by atoms with Gasteiger partial charge in [-0.15, -0.1) is 0 Å². The third-order valence-corrected chi connectivity index (χ3v) is 1.71. The molecule has 0 rings (SSSR count). The number of amides is 1. The van der Waals surface area contributed by atoms with Gasteiger partial charge in [0.05, 0.1) is 6.04 Å². The Bertz CT molecular complexity index is 143. The zero-order valence-corrected chi connectivity index (χ0v) is 8.64. The summed E-state index contributed by atoms with van der Waals surface area (Å²) in [6.07, 6.45) is 0. The van der Waals surface area contributed by atoms with Crippen LogP contribution in [-0.4, -0.2) is 25.0 Å². The maximum absolute atomic E-state index is 11.3. The molecular formula is C9H20N2O. The molecule has 0 aliphatic heterocycles. The van der Waals surface area contributed by atoms with Crippen LogP contribution in [-0.2, 0) is 4.79 Å². The molecule has 0 saturated carbocycles. The lowest BCUT2D eigenvalue weighted by atomic mass is 10.0. The van der Waals surface area contributed by atoms with Crippen LogP contribution in [0.1, 0.15) is 27.7 Å². The van der Waals surface area contributed by atoms with Gasteiger partial charge < -0.3 is 10.6 Å². The fraction of sp³-hybridized carbons (Fsp3) is 0.889. The highest BCUT2D eigenvalue weighted by atomic mass is 16.2. The summed E-state index contributed by atoms with van der Waals surface area (Å²) in [5.74, 6) is 0.394. The number of carbonyl (C=O) groups is 1. The van der Waals surface area contributed by atoms with Crippen molar-refractivity contribution in [2.24, 2.45) is 5.92 Å². The minimum atomic E-state index is -0.0741. The Morgan fingerprint density at radius 2 is 1.67 bits per heavy atom. The Kier molecular flexibility index (Phi) is 4.90. The highest BCUT2D eigenvalue weighted by Gasteiger charge is 2.20. The molecule has 0 aliphatic carbocycles. The van der Waals surface area contributed by atoms with Crippen LogP contribution in [0.25, 0.3) is 0 Å². The molecule has 3 heteroatoms. The Labute approximate surface area is 74.9 Å². The standard InChI is InChI=1S/C9H20N2O/c1-6(2)8(9(12)10-5)11-7(3)4/h6-8,11H,1-5H3,(H,10,12)/t8-/m0/s1. The zero-order valence-electron chi connectivity index (χ0n) is 8.64. The summed E-state index contributed by atoms with van der Waals surface area (Å²) in [7, 11) is 1.67. The molecule has 0 heterocycles. The molecule has 0 spiro atoms. The van der Waals surface area contributed by atoms with E-state index in [1.165, 1.54) is 0 Å². The van der Waals surface area contributed by atoms with Crippen molar-refractivity contribution in [3.05, 3.63) is 0 Å². The predicted octanol–water partition coefficient (Wildman–Crippen LogP) is 0.755. The third-order valence-electron chi connectivity index (χ3n) is 1.71. The van der Waals surface area contributed by atoms with E-state index in [2.05, 4.69) is 10.6 Å². The highest BCUT2D eigenvalue weighted by Crippen LogP contribution is 2.02. The maximum Gasteiger partial charge on any atom is 0.237 e. The van der Waals surface area contributed by atoms with Crippen molar-refractivity contribution in [1.82, 2.24) is 10.6 Å². The summed E-state index contributed by atoms with van der Waals surface area (Å²) in [4.78, 5) is 11.3. The number of likely N-dealkylation sites (N-methyl/N-ethyl adjacent to an activating group) is 1. The molecule has 0 aliphatic rings. The van der Waals surface area contributed by atoms with Crippen LogP contribution in [0.4, 0.5) is 0 Å². The fourth-order valence-electron chi connectivity index (χ4n) is 1.09. The lowest BCUT2D eigenvalue weighted by Gasteiger charge is -2.22. The van der Waals surface area contributed by atoms with Gasteiger partial charge in [0.2, 0.25) is 5.91 Å². The van der Waals surface area contributed by atoms with Crippen LogP contribution in [0.15, 0.2) is 0 Å². The summed E-state index contributed by atoms with van der Waals surface area (Å²) >= 11 is 0. The van der Waals surface area contributed by atoms with E-state index in [1.54, 1.807) is 7.05 Å². The van der Waals surface area contributed by atoms with Crippen molar-refractivity contribution >= 4 is 5.91 Å². The first-order valence-corrected chi connectivity index (χ1v) is 4.46. The fourth-order valence-corrected chi connectivity index (χ4v) is 1.09. The molecule has 1 amide bonds. The van der Waals surface area contributed by atoms with Crippen molar-refractivity contribution < 1.29 is 4.79 Å². The number of carbonyl (C=O) groups excluding carboxylic acids is 1. The Morgan fingerprint density at radius 1 is 1.17 bits per heavy atom. The van der Waals surface area contributed by atoms with Crippen molar-refractivity contribution in [2.45, 2.75) is 39.8 Å². The second-order valence-electron chi connectivity index (χ2n) is 3.66. The van der Waals surface area contributed by atoms with E-state index < -0.39 is 0 Å². The summed E-state index contributed by atoms with van der Waals surface area (Å²) in [6, 6.07) is 0.268. The molecule has 0 radical (unpaired) electrons. The molecule has 0 saturated heterocycles. The predicted molar refractivity (Wildman–Crippen MR) is 51.0 cm³/mol. The second kappa shape index (κ2) is 5.14. The van der Waals surface area contributed by atoms with Crippen LogP contribution >= 0.6 is 0 Å². The number of rotatable bonds is 4. The molecule has 0 aromatic rings. The van der Waals surface area contributed by atoms with E-state index in [0.717, 1.165) is 0 Å². The third kappa shape index (κ3) is 3.72. The van der Waals surface area contributed by atoms with E-state index in [-0.39, 0.29) is 11.9 Å². The van der Waals surface area contributed by atoms with E-state index in [1.807, 2.05) is 27.7 Å². The lowest BCUT2D eigenvalue weighted by molar-refractivity contribution is -0.123. The van der Waals surface area contributed by atoms with E-state index >= 15 is 0 Å². The number of nitrogens with one attached hydrogen (secondary N) is 2. The van der Waals surface area contributed by atoms with Crippen LogP contribution in [0.3, 0.4) is 0 Å². The van der Waals surface area contributed by atoms with Gasteiger partial charge in [0.15, 0.2) is 0 Å². The normalized spacial score (nSPS) is 13.6. The monoisotopic (exact) mass is 172 g/mol. The maximum atomic E-state index is 11.3. The minimum absolute atomic E-state index is 0.0682. The summed E-state index contributed by atoms with van der Waals surface area (Å²) in [5, 5.41) is 5.87. The zero-order chi connectivity index (χ0) is 9.72. The van der Waals surface area contributed by atoms with Gasteiger partial charge in [-0.3, -0.25) is 4.79 Å². The van der Waals surface area contributed by atoms with E-state index in [4.69, 9.17) is 0 Å². The SMILES string of the molecule is CNC(=O)[C@@H](NC(C)C)C(C)C. The molecular weight excluding hydrogens is 152 g/mol. The molecule has 3 nitrogen and oxygen atoms in total. The number of hydrogen-bond acceptors (Lipinski definition) is 2. The molecule has 0 aromatic heterocycles. The first kappa shape index (κ1) is 11.4. The van der Waals surface area contributed by atoms with Gasteiger partial charge >= 0.3 is 0 Å². The van der Waals surface area contributed by atoms with Crippen LogP contribution in [0.2, 0.25) is 0 Å². The van der Waals surface area contributed by atoms with Gasteiger partial charge in [-0.1, -0.05) is 27.7 Å². The van der Waals surface area contributed by atoms with Gasteiger partial charge in [0, 0.05) is 13.1 Å². The van der Waals surface area contributed by atoms with Crippen LogP contribution in [0.5, 0.6) is 0 Å². The van der Waals surface area contributed by atoms with Crippen molar-refractivity contribution in [2.75, 3.05) is 7.05 Å². The minimum Gasteiger partial charge on any atom is -0.358 e. The van der Waals surface area contributed by atoms with Gasteiger partial charge in [-0.05, 0) is 5.92 Å². The molecule has 0 unspecified atom stereocenters. The largest absolute Gasteiger partial charge is 0.358 e. The van der Waals surface area contributed by atoms with E-state index in [0.29, 0.717) is 12.0 Å². The van der Waals surface area contributed by atoms with Crippen molar-refractivity contribution in [3.8, 4) is 0 Å². The van der Waals surface area contributed by atoms with Crippen LogP contribution < -0.4 is 10.6 Å². The molecule has 1 atom stereocenters.